The minimum absolute atomic E-state index is 0.230. The smallest absolute Gasteiger partial charge is 0.323 e. The number of carbonyl (C=O) groups excluding carboxylic acids is 1. The van der Waals surface area contributed by atoms with E-state index in [1.807, 2.05) is 54.6 Å². The molecule has 3 N–H and O–H groups in total. The summed E-state index contributed by atoms with van der Waals surface area (Å²) in [6, 6.07) is 23.2. The zero-order chi connectivity index (χ0) is 20.9. The van der Waals surface area contributed by atoms with Gasteiger partial charge in [0.25, 0.3) is 0 Å². The van der Waals surface area contributed by atoms with Crippen LogP contribution in [-0.2, 0) is 17.6 Å². The first-order valence-corrected chi connectivity index (χ1v) is 10.1. The fraction of sp³-hybridized carbons (Fsp3) is 0.200. The molecule has 1 aliphatic carbocycles. The minimum atomic E-state index is -0.716. The number of benzene rings is 3. The van der Waals surface area contributed by atoms with E-state index < -0.39 is 5.97 Å². The van der Waals surface area contributed by atoms with Crippen LogP contribution in [0.5, 0.6) is 0 Å². The van der Waals surface area contributed by atoms with Gasteiger partial charge in [0.05, 0.1) is 0 Å². The average molecular weight is 400 g/mol. The van der Waals surface area contributed by atoms with E-state index in [9.17, 15) is 9.59 Å². The molecular formula is C25H24N2O3. The van der Waals surface area contributed by atoms with Crippen LogP contribution in [0, 0.1) is 5.92 Å². The number of aryl methyl sites for hydroxylation is 1. The highest BCUT2D eigenvalue weighted by atomic mass is 16.4. The molecule has 5 heteroatoms. The van der Waals surface area contributed by atoms with Gasteiger partial charge in [-0.15, -0.1) is 0 Å². The van der Waals surface area contributed by atoms with Gasteiger partial charge >= 0.3 is 12.0 Å². The number of nitrogens with one attached hydrogen (secondary N) is 2. The standard InChI is InChI=1S/C25H24N2O3/c28-24(29)15-17-6-7-21-16-20(9-8-19(21)14-17)18-10-12-23(13-11-18)27-25(30)26-22-4-2-1-3-5-22/h1-5,8-13,16-17H,6-7,14-15H2,(H,28,29)(H2,26,27,30). The molecule has 0 radical (unpaired) electrons. The van der Waals surface area contributed by atoms with Gasteiger partial charge in [-0.05, 0) is 71.7 Å². The number of carboxylic acids is 1. The summed E-state index contributed by atoms with van der Waals surface area (Å²) in [5, 5.41) is 14.7. The van der Waals surface area contributed by atoms with Gasteiger partial charge < -0.3 is 15.7 Å². The normalized spacial score (nSPS) is 15.1. The number of para-hydroxylation sites is 1. The van der Waals surface area contributed by atoms with Gasteiger partial charge in [-0.3, -0.25) is 4.79 Å². The van der Waals surface area contributed by atoms with E-state index in [1.165, 1.54) is 11.1 Å². The van der Waals surface area contributed by atoms with Gasteiger partial charge in [-0.25, -0.2) is 4.79 Å². The number of aliphatic carboxylic acids is 1. The molecule has 1 atom stereocenters. The molecule has 3 aromatic rings. The van der Waals surface area contributed by atoms with E-state index in [2.05, 4.69) is 28.8 Å². The first-order chi connectivity index (χ1) is 14.6. The lowest BCUT2D eigenvalue weighted by Gasteiger charge is -2.24. The Kier molecular flexibility index (Phi) is 5.80. The zero-order valence-corrected chi connectivity index (χ0v) is 16.6. The second kappa shape index (κ2) is 8.82. The third kappa shape index (κ3) is 4.87. The Bertz CT molecular complexity index is 1050. The number of amides is 2. The molecule has 30 heavy (non-hydrogen) atoms. The summed E-state index contributed by atoms with van der Waals surface area (Å²) in [7, 11) is 0. The van der Waals surface area contributed by atoms with Gasteiger partial charge in [-0.1, -0.05) is 48.5 Å². The Labute approximate surface area is 175 Å². The molecule has 0 saturated carbocycles. The number of carboxylic acid groups (broad SMARTS) is 1. The fourth-order valence-corrected chi connectivity index (χ4v) is 3.99. The van der Waals surface area contributed by atoms with Crippen molar-refractivity contribution in [2.75, 3.05) is 10.6 Å². The summed E-state index contributed by atoms with van der Waals surface area (Å²) in [6.45, 7) is 0. The van der Waals surface area contributed by atoms with Crippen LogP contribution in [0.2, 0.25) is 0 Å². The Morgan fingerprint density at radius 3 is 2.20 bits per heavy atom. The summed E-state index contributed by atoms with van der Waals surface area (Å²) in [5.41, 5.74) is 6.24. The highest BCUT2D eigenvalue weighted by molar-refractivity contribution is 5.99. The van der Waals surface area contributed by atoms with Crippen molar-refractivity contribution in [3.8, 4) is 11.1 Å². The van der Waals surface area contributed by atoms with Crippen molar-refractivity contribution >= 4 is 23.4 Å². The average Bonchev–Trinajstić information content (AvgIpc) is 2.74. The predicted molar refractivity (Wildman–Crippen MR) is 119 cm³/mol. The second-order valence-electron chi connectivity index (χ2n) is 7.71. The summed E-state index contributed by atoms with van der Waals surface area (Å²) >= 11 is 0. The van der Waals surface area contributed by atoms with Gasteiger partial charge in [0.15, 0.2) is 0 Å². The molecule has 0 saturated heterocycles. The molecule has 0 heterocycles. The van der Waals surface area contributed by atoms with Crippen molar-refractivity contribution in [2.24, 2.45) is 5.92 Å². The molecule has 5 nitrogen and oxygen atoms in total. The third-order valence-corrected chi connectivity index (χ3v) is 5.51. The van der Waals surface area contributed by atoms with Gasteiger partial charge in [0, 0.05) is 17.8 Å². The Hall–Kier alpha value is -3.60. The molecule has 1 unspecified atom stereocenters. The van der Waals surface area contributed by atoms with E-state index in [0.717, 1.165) is 41.8 Å². The van der Waals surface area contributed by atoms with Crippen LogP contribution in [0.3, 0.4) is 0 Å². The SMILES string of the molecule is O=C(O)CC1CCc2cc(-c3ccc(NC(=O)Nc4ccccc4)cc3)ccc2C1. The lowest BCUT2D eigenvalue weighted by Crippen LogP contribution is -2.19. The van der Waals surface area contributed by atoms with Crippen molar-refractivity contribution in [1.82, 2.24) is 0 Å². The fourth-order valence-electron chi connectivity index (χ4n) is 3.99. The lowest BCUT2D eigenvalue weighted by molar-refractivity contribution is -0.138. The van der Waals surface area contributed by atoms with E-state index >= 15 is 0 Å². The first kappa shape index (κ1) is 19.7. The summed E-state index contributed by atoms with van der Waals surface area (Å²) in [4.78, 5) is 23.1. The maximum Gasteiger partial charge on any atom is 0.323 e. The summed E-state index contributed by atoms with van der Waals surface area (Å²) in [6.07, 6.45) is 2.91. The van der Waals surface area contributed by atoms with Crippen molar-refractivity contribution in [3.05, 3.63) is 83.9 Å². The molecule has 0 aromatic heterocycles. The highest BCUT2D eigenvalue weighted by Gasteiger charge is 2.21. The van der Waals surface area contributed by atoms with Crippen molar-refractivity contribution in [3.63, 3.8) is 0 Å². The molecule has 0 bridgehead atoms. The maximum absolute atomic E-state index is 12.1. The van der Waals surface area contributed by atoms with E-state index in [-0.39, 0.29) is 18.4 Å². The van der Waals surface area contributed by atoms with Crippen molar-refractivity contribution in [2.45, 2.75) is 25.7 Å². The number of hydrogen-bond acceptors (Lipinski definition) is 2. The Morgan fingerprint density at radius 1 is 0.833 bits per heavy atom. The quantitative estimate of drug-likeness (QED) is 0.523. The number of carbonyl (C=O) groups is 2. The van der Waals surface area contributed by atoms with Crippen LogP contribution >= 0.6 is 0 Å². The zero-order valence-electron chi connectivity index (χ0n) is 16.6. The van der Waals surface area contributed by atoms with Crippen molar-refractivity contribution < 1.29 is 14.7 Å². The molecular weight excluding hydrogens is 376 g/mol. The predicted octanol–water partition coefficient (Wildman–Crippen LogP) is 5.58. The molecule has 3 aromatic carbocycles. The molecule has 0 spiro atoms. The van der Waals surface area contributed by atoms with Crippen LogP contribution < -0.4 is 10.6 Å². The van der Waals surface area contributed by atoms with Gasteiger partial charge in [-0.2, -0.15) is 0 Å². The van der Waals surface area contributed by atoms with Crippen LogP contribution in [0.4, 0.5) is 16.2 Å². The summed E-state index contributed by atoms with van der Waals surface area (Å²) < 4.78 is 0. The van der Waals surface area contributed by atoms with Crippen LogP contribution in [0.15, 0.2) is 72.8 Å². The maximum atomic E-state index is 12.1. The van der Waals surface area contributed by atoms with Gasteiger partial charge in [0.1, 0.15) is 0 Å². The molecule has 1 aliphatic rings. The molecule has 4 rings (SSSR count). The number of rotatable bonds is 5. The molecule has 2 amide bonds. The lowest BCUT2D eigenvalue weighted by atomic mass is 9.81. The topological polar surface area (TPSA) is 78.4 Å². The number of fused-ring (bicyclic) bond motifs is 1. The third-order valence-electron chi connectivity index (χ3n) is 5.51. The Balaban J connectivity index is 1.41. The van der Waals surface area contributed by atoms with E-state index in [1.54, 1.807) is 0 Å². The largest absolute Gasteiger partial charge is 0.481 e. The van der Waals surface area contributed by atoms with E-state index in [4.69, 9.17) is 5.11 Å². The second-order valence-corrected chi connectivity index (χ2v) is 7.71. The molecule has 0 fully saturated rings. The van der Waals surface area contributed by atoms with E-state index in [0.29, 0.717) is 0 Å². The van der Waals surface area contributed by atoms with Gasteiger partial charge in [0.2, 0.25) is 0 Å². The monoisotopic (exact) mass is 400 g/mol. The van der Waals surface area contributed by atoms with Crippen molar-refractivity contribution in [1.29, 1.82) is 0 Å². The van der Waals surface area contributed by atoms with Crippen LogP contribution in [0.25, 0.3) is 11.1 Å². The summed E-state index contributed by atoms with van der Waals surface area (Å²) in [5.74, 6) is -0.487. The number of anilines is 2. The Morgan fingerprint density at radius 2 is 1.50 bits per heavy atom. The number of hydrogen-bond donors (Lipinski definition) is 3. The highest BCUT2D eigenvalue weighted by Crippen LogP contribution is 2.31. The van der Waals surface area contributed by atoms with Crippen LogP contribution in [0.1, 0.15) is 24.0 Å². The van der Waals surface area contributed by atoms with Crippen LogP contribution in [-0.4, -0.2) is 17.1 Å². The number of urea groups is 1. The molecule has 0 aliphatic heterocycles. The molecule has 152 valence electrons. The first-order valence-electron chi connectivity index (χ1n) is 10.1. The minimum Gasteiger partial charge on any atom is -0.481 e.